The first-order valence-electron chi connectivity index (χ1n) is 8.60. The normalized spacial score (nSPS) is 12.0. The van der Waals surface area contributed by atoms with Gasteiger partial charge in [0, 0.05) is 25.7 Å². The maximum Gasteiger partial charge on any atom is 0.308 e. The van der Waals surface area contributed by atoms with Crippen molar-refractivity contribution >= 4 is 31.6 Å². The number of nitrogens with zero attached hydrogens (tertiary/aromatic N) is 2. The highest BCUT2D eigenvalue weighted by Crippen LogP contribution is 2.26. The lowest BCUT2D eigenvalue weighted by Crippen LogP contribution is -2.26. The molecule has 0 fully saturated rings. The van der Waals surface area contributed by atoms with Gasteiger partial charge in [0.05, 0.1) is 22.2 Å². The summed E-state index contributed by atoms with van der Waals surface area (Å²) in [4.78, 5) is 12.3. The predicted molar refractivity (Wildman–Crippen MR) is 108 cm³/mol. The molecule has 1 aromatic heterocycles. The zero-order valence-electron chi connectivity index (χ0n) is 15.5. The Morgan fingerprint density at radius 2 is 1.93 bits per heavy atom. The van der Waals surface area contributed by atoms with Crippen LogP contribution in [0.1, 0.15) is 18.9 Å². The lowest BCUT2D eigenvalue weighted by atomic mass is 10.2. The van der Waals surface area contributed by atoms with Crippen molar-refractivity contribution in [3.05, 3.63) is 57.7 Å². The summed E-state index contributed by atoms with van der Waals surface area (Å²) in [5.74, 6) is 0.643. The number of rotatable bonds is 7. The SMILES string of the molecule is CCCn1c(=O)sc2cc(S(=O)(=O)N(C)Cc3ccccc3OC)ccc21. The first kappa shape index (κ1) is 19.6. The fourth-order valence-corrected chi connectivity index (χ4v) is 5.19. The van der Waals surface area contributed by atoms with E-state index in [-0.39, 0.29) is 16.3 Å². The van der Waals surface area contributed by atoms with E-state index >= 15 is 0 Å². The molecule has 0 aliphatic rings. The van der Waals surface area contributed by atoms with Gasteiger partial charge in [0.15, 0.2) is 0 Å². The minimum absolute atomic E-state index is 0.0659. The van der Waals surface area contributed by atoms with Crippen molar-refractivity contribution in [2.45, 2.75) is 31.3 Å². The van der Waals surface area contributed by atoms with Gasteiger partial charge in [-0.25, -0.2) is 8.42 Å². The number of ether oxygens (including phenoxy) is 1. The fraction of sp³-hybridized carbons (Fsp3) is 0.316. The molecule has 0 bridgehead atoms. The number of sulfonamides is 1. The second-order valence-electron chi connectivity index (χ2n) is 6.22. The van der Waals surface area contributed by atoms with E-state index in [9.17, 15) is 13.2 Å². The monoisotopic (exact) mass is 406 g/mol. The van der Waals surface area contributed by atoms with Crippen LogP contribution < -0.4 is 9.61 Å². The van der Waals surface area contributed by atoms with Crippen molar-refractivity contribution in [2.75, 3.05) is 14.2 Å². The number of para-hydroxylation sites is 1. The minimum Gasteiger partial charge on any atom is -0.496 e. The van der Waals surface area contributed by atoms with Gasteiger partial charge in [-0.3, -0.25) is 9.36 Å². The zero-order valence-corrected chi connectivity index (χ0v) is 17.1. The molecule has 2 aromatic carbocycles. The Kier molecular flexibility index (Phi) is 5.69. The Bertz CT molecular complexity index is 1120. The molecule has 0 atom stereocenters. The number of aromatic nitrogens is 1. The summed E-state index contributed by atoms with van der Waals surface area (Å²) in [7, 11) is -0.598. The largest absolute Gasteiger partial charge is 0.496 e. The van der Waals surface area contributed by atoms with Gasteiger partial charge >= 0.3 is 4.87 Å². The maximum atomic E-state index is 13.0. The van der Waals surface area contributed by atoms with Gasteiger partial charge in [-0.05, 0) is 30.7 Å². The first-order chi connectivity index (χ1) is 12.9. The van der Waals surface area contributed by atoms with E-state index in [0.29, 0.717) is 17.0 Å². The molecule has 0 saturated carbocycles. The van der Waals surface area contributed by atoms with Gasteiger partial charge in [-0.2, -0.15) is 4.31 Å². The molecule has 0 radical (unpaired) electrons. The first-order valence-corrected chi connectivity index (χ1v) is 10.9. The number of methoxy groups -OCH3 is 1. The van der Waals surface area contributed by atoms with Crippen LogP contribution in [0.5, 0.6) is 5.75 Å². The Labute approximate surface area is 162 Å². The number of hydrogen-bond acceptors (Lipinski definition) is 5. The molecule has 3 rings (SSSR count). The molecule has 0 unspecified atom stereocenters. The topological polar surface area (TPSA) is 68.6 Å². The molecule has 6 nitrogen and oxygen atoms in total. The Balaban J connectivity index is 1.95. The molecule has 0 saturated heterocycles. The molecular formula is C19H22N2O4S2. The van der Waals surface area contributed by atoms with Crippen LogP contribution in [0.3, 0.4) is 0 Å². The Hall–Kier alpha value is -2.16. The third-order valence-corrected chi connectivity index (χ3v) is 7.12. The summed E-state index contributed by atoms with van der Waals surface area (Å²) >= 11 is 1.08. The van der Waals surface area contributed by atoms with Gasteiger partial charge in [-0.1, -0.05) is 36.5 Å². The molecule has 27 heavy (non-hydrogen) atoms. The van der Waals surface area contributed by atoms with Crippen LogP contribution in [0, 0.1) is 0 Å². The van der Waals surface area contributed by atoms with Crippen molar-refractivity contribution < 1.29 is 13.2 Å². The summed E-state index contributed by atoms with van der Waals surface area (Å²) in [6.45, 7) is 2.82. The maximum absolute atomic E-state index is 13.0. The van der Waals surface area contributed by atoms with Gasteiger partial charge < -0.3 is 4.74 Å². The third-order valence-electron chi connectivity index (χ3n) is 4.38. The number of thiazole rings is 1. The third kappa shape index (κ3) is 3.78. The van der Waals surface area contributed by atoms with Gasteiger partial charge in [-0.15, -0.1) is 0 Å². The standard InChI is InChI=1S/C19H22N2O4S2/c1-4-11-21-16-10-9-15(12-18(16)26-19(21)22)27(23,24)20(2)13-14-7-5-6-8-17(14)25-3/h5-10,12H,4,11,13H2,1-3H3. The second kappa shape index (κ2) is 7.84. The molecule has 0 aliphatic heterocycles. The average Bonchev–Trinajstić information content (AvgIpc) is 2.97. The summed E-state index contributed by atoms with van der Waals surface area (Å²) in [5.41, 5.74) is 1.56. The lowest BCUT2D eigenvalue weighted by Gasteiger charge is -2.19. The van der Waals surface area contributed by atoms with Crippen LogP contribution in [-0.4, -0.2) is 31.4 Å². The van der Waals surface area contributed by atoms with Crippen molar-refractivity contribution in [3.8, 4) is 5.75 Å². The lowest BCUT2D eigenvalue weighted by molar-refractivity contribution is 0.398. The van der Waals surface area contributed by atoms with E-state index in [1.165, 1.54) is 11.4 Å². The van der Waals surface area contributed by atoms with Gasteiger partial charge in [0.25, 0.3) is 0 Å². The molecule has 0 spiro atoms. The van der Waals surface area contributed by atoms with Crippen molar-refractivity contribution in [1.82, 2.24) is 8.87 Å². The highest BCUT2D eigenvalue weighted by molar-refractivity contribution is 7.89. The smallest absolute Gasteiger partial charge is 0.308 e. The number of aryl methyl sites for hydroxylation is 1. The van der Waals surface area contributed by atoms with E-state index in [4.69, 9.17) is 4.74 Å². The zero-order chi connectivity index (χ0) is 19.6. The number of fused-ring (bicyclic) bond motifs is 1. The van der Waals surface area contributed by atoms with Crippen molar-refractivity contribution in [1.29, 1.82) is 0 Å². The van der Waals surface area contributed by atoms with Crippen LogP contribution in [0.15, 0.2) is 52.2 Å². The van der Waals surface area contributed by atoms with E-state index in [1.54, 1.807) is 35.9 Å². The van der Waals surface area contributed by atoms with Crippen LogP contribution in [0.2, 0.25) is 0 Å². The molecule has 3 aromatic rings. The quantitative estimate of drug-likeness (QED) is 0.604. The molecule has 0 N–H and O–H groups in total. The van der Waals surface area contributed by atoms with Gasteiger partial charge in [0.1, 0.15) is 5.75 Å². The Morgan fingerprint density at radius 3 is 2.63 bits per heavy atom. The highest BCUT2D eigenvalue weighted by Gasteiger charge is 2.23. The molecular weight excluding hydrogens is 384 g/mol. The predicted octanol–water partition coefficient (Wildman–Crippen LogP) is 3.30. The fourth-order valence-electron chi connectivity index (χ4n) is 2.98. The van der Waals surface area contributed by atoms with Crippen LogP contribution >= 0.6 is 11.3 Å². The van der Waals surface area contributed by atoms with Crippen LogP contribution in [0.4, 0.5) is 0 Å². The summed E-state index contributed by atoms with van der Waals surface area (Å²) in [6.07, 6.45) is 0.841. The van der Waals surface area contributed by atoms with Crippen LogP contribution in [0.25, 0.3) is 10.2 Å². The summed E-state index contributed by atoms with van der Waals surface area (Å²) in [6, 6.07) is 12.2. The van der Waals surface area contributed by atoms with Crippen LogP contribution in [-0.2, 0) is 23.1 Å². The Morgan fingerprint density at radius 1 is 1.19 bits per heavy atom. The molecule has 1 heterocycles. The molecule has 8 heteroatoms. The molecule has 0 amide bonds. The van der Waals surface area contributed by atoms with E-state index in [0.717, 1.165) is 28.8 Å². The summed E-state index contributed by atoms with van der Waals surface area (Å²) in [5, 5.41) is 0. The van der Waals surface area contributed by atoms with E-state index in [2.05, 4.69) is 0 Å². The average molecular weight is 407 g/mol. The summed E-state index contributed by atoms with van der Waals surface area (Å²) < 4.78 is 35.0. The van der Waals surface area contributed by atoms with E-state index < -0.39 is 10.0 Å². The second-order valence-corrected chi connectivity index (χ2v) is 9.26. The molecule has 144 valence electrons. The number of benzene rings is 2. The number of hydrogen-bond donors (Lipinski definition) is 0. The van der Waals surface area contributed by atoms with E-state index in [1.807, 2.05) is 25.1 Å². The van der Waals surface area contributed by atoms with Crippen molar-refractivity contribution in [2.24, 2.45) is 0 Å². The molecule has 0 aliphatic carbocycles. The highest BCUT2D eigenvalue weighted by atomic mass is 32.2. The van der Waals surface area contributed by atoms with Crippen molar-refractivity contribution in [3.63, 3.8) is 0 Å². The van der Waals surface area contributed by atoms with Gasteiger partial charge in [0.2, 0.25) is 10.0 Å². The minimum atomic E-state index is -3.70.